The molecule has 2 aromatic heterocycles. The average molecular weight is 352 g/mol. The number of rotatable bonds is 3. The number of carbonyl (C=O) groups is 1. The van der Waals surface area contributed by atoms with Crippen LogP contribution in [0.4, 0.5) is 5.69 Å². The molecule has 25 heavy (non-hydrogen) atoms. The highest BCUT2D eigenvalue weighted by Gasteiger charge is 2.33. The van der Waals surface area contributed by atoms with Gasteiger partial charge in [0.25, 0.3) is 5.91 Å². The van der Waals surface area contributed by atoms with Gasteiger partial charge in [0.1, 0.15) is 9.71 Å². The Labute approximate surface area is 150 Å². The van der Waals surface area contributed by atoms with Crippen molar-refractivity contribution in [1.82, 2.24) is 15.1 Å². The van der Waals surface area contributed by atoms with Gasteiger partial charge < -0.3 is 10.6 Å². The number of hydrogen-bond acceptors (Lipinski definition) is 5. The molecule has 1 fully saturated rings. The number of thiophene rings is 1. The lowest BCUT2D eigenvalue weighted by Gasteiger charge is -2.39. The molecule has 0 bridgehead atoms. The average Bonchev–Trinajstić information content (AvgIpc) is 2.92. The molecular formula is C19H20N4OS. The Balaban J connectivity index is 1.50. The molecule has 0 radical (unpaired) electrons. The van der Waals surface area contributed by atoms with Crippen molar-refractivity contribution in [3.63, 3.8) is 0 Å². The van der Waals surface area contributed by atoms with Gasteiger partial charge in [-0.1, -0.05) is 30.3 Å². The predicted molar refractivity (Wildman–Crippen MR) is 101 cm³/mol. The maximum atomic E-state index is 12.8. The molecule has 0 saturated carbocycles. The number of nitrogens with zero attached hydrogens (tertiary/aromatic N) is 3. The Morgan fingerprint density at radius 2 is 1.96 bits per heavy atom. The van der Waals surface area contributed by atoms with E-state index in [1.54, 1.807) is 0 Å². The smallest absolute Gasteiger partial charge is 0.266 e. The number of nitrogens with two attached hydrogens (primary N) is 1. The molecular weight excluding hydrogens is 332 g/mol. The van der Waals surface area contributed by atoms with Gasteiger partial charge in [-0.25, -0.2) is 0 Å². The highest BCUT2D eigenvalue weighted by Crippen LogP contribution is 2.36. The van der Waals surface area contributed by atoms with E-state index in [1.165, 1.54) is 16.9 Å². The number of fused-ring (bicyclic) bond motifs is 1. The number of likely N-dealkylation sites (tertiary alicyclic amines) is 1. The monoisotopic (exact) mass is 352 g/mol. The summed E-state index contributed by atoms with van der Waals surface area (Å²) in [4.78, 5) is 16.0. The Kier molecular flexibility index (Phi) is 3.92. The SMILES string of the molecule is Cc1nnc2sc(C(=O)N3CC(Cc4ccccc4)C3)c(N)c2c1C. The van der Waals surface area contributed by atoms with Crippen LogP contribution in [-0.4, -0.2) is 34.1 Å². The van der Waals surface area contributed by atoms with Crippen molar-refractivity contribution in [3.05, 3.63) is 52.0 Å². The van der Waals surface area contributed by atoms with Crippen molar-refractivity contribution in [2.45, 2.75) is 20.3 Å². The van der Waals surface area contributed by atoms with E-state index in [4.69, 9.17) is 5.73 Å². The van der Waals surface area contributed by atoms with Gasteiger partial charge in [-0.2, -0.15) is 5.10 Å². The summed E-state index contributed by atoms with van der Waals surface area (Å²) in [5.41, 5.74) is 10.0. The normalized spacial score (nSPS) is 14.7. The van der Waals surface area contributed by atoms with Crippen molar-refractivity contribution in [3.8, 4) is 0 Å². The highest BCUT2D eigenvalue weighted by atomic mass is 32.1. The van der Waals surface area contributed by atoms with Gasteiger partial charge in [-0.15, -0.1) is 16.4 Å². The number of aromatic nitrogens is 2. The minimum Gasteiger partial charge on any atom is -0.397 e. The first-order valence-corrected chi connectivity index (χ1v) is 9.21. The predicted octanol–water partition coefficient (Wildman–Crippen LogP) is 3.21. The summed E-state index contributed by atoms with van der Waals surface area (Å²) in [7, 11) is 0. The number of aryl methyl sites for hydroxylation is 2. The number of hydrogen-bond donors (Lipinski definition) is 1. The van der Waals surface area contributed by atoms with Crippen LogP contribution in [0.25, 0.3) is 10.2 Å². The fraction of sp³-hybridized carbons (Fsp3) is 0.316. The first kappa shape index (κ1) is 16.0. The van der Waals surface area contributed by atoms with E-state index >= 15 is 0 Å². The van der Waals surface area contributed by atoms with Gasteiger partial charge in [0.2, 0.25) is 0 Å². The van der Waals surface area contributed by atoms with Gasteiger partial charge in [-0.3, -0.25) is 4.79 Å². The minimum absolute atomic E-state index is 0.0156. The van der Waals surface area contributed by atoms with E-state index in [2.05, 4.69) is 34.5 Å². The summed E-state index contributed by atoms with van der Waals surface area (Å²) < 4.78 is 0. The standard InChI is InChI=1S/C19H20N4OS/c1-11-12(2)21-22-18-15(11)16(20)17(25-18)19(24)23-9-14(10-23)8-13-6-4-3-5-7-13/h3-7,14H,8-10,20H2,1-2H3. The fourth-order valence-corrected chi connectivity index (χ4v) is 4.42. The molecule has 4 rings (SSSR count). The van der Waals surface area contributed by atoms with Crippen molar-refractivity contribution in [1.29, 1.82) is 0 Å². The van der Waals surface area contributed by atoms with Crippen LogP contribution < -0.4 is 5.73 Å². The largest absolute Gasteiger partial charge is 0.397 e. The summed E-state index contributed by atoms with van der Waals surface area (Å²) in [5.74, 6) is 0.535. The fourth-order valence-electron chi connectivity index (χ4n) is 3.36. The maximum Gasteiger partial charge on any atom is 0.266 e. The molecule has 5 nitrogen and oxygen atoms in total. The molecule has 0 atom stereocenters. The van der Waals surface area contributed by atoms with Crippen molar-refractivity contribution in [2.24, 2.45) is 5.92 Å². The van der Waals surface area contributed by atoms with E-state index in [-0.39, 0.29) is 5.91 Å². The van der Waals surface area contributed by atoms with Crippen LogP contribution in [0.15, 0.2) is 30.3 Å². The Morgan fingerprint density at radius 1 is 1.24 bits per heavy atom. The van der Waals surface area contributed by atoms with E-state index in [0.29, 0.717) is 16.5 Å². The molecule has 3 aromatic rings. The van der Waals surface area contributed by atoms with Crippen LogP contribution in [0, 0.1) is 19.8 Å². The Bertz CT molecular complexity index is 945. The van der Waals surface area contributed by atoms with Gasteiger partial charge >= 0.3 is 0 Å². The molecule has 1 amide bonds. The molecule has 3 heterocycles. The van der Waals surface area contributed by atoms with Crippen LogP contribution in [0.2, 0.25) is 0 Å². The quantitative estimate of drug-likeness (QED) is 0.786. The number of benzene rings is 1. The van der Waals surface area contributed by atoms with Crippen LogP contribution in [0.3, 0.4) is 0 Å². The van der Waals surface area contributed by atoms with Crippen LogP contribution >= 0.6 is 11.3 Å². The number of anilines is 1. The zero-order valence-corrected chi connectivity index (χ0v) is 15.1. The number of nitrogen functional groups attached to an aromatic ring is 1. The molecule has 0 aliphatic carbocycles. The van der Waals surface area contributed by atoms with Gasteiger partial charge in [0.15, 0.2) is 0 Å². The van der Waals surface area contributed by atoms with Crippen LogP contribution in [0.1, 0.15) is 26.5 Å². The van der Waals surface area contributed by atoms with Crippen molar-refractivity contribution < 1.29 is 4.79 Å². The summed E-state index contributed by atoms with van der Waals surface area (Å²) in [6, 6.07) is 10.4. The minimum atomic E-state index is 0.0156. The molecule has 1 aliphatic rings. The summed E-state index contributed by atoms with van der Waals surface area (Å²) in [6.45, 7) is 5.45. The van der Waals surface area contributed by atoms with E-state index in [0.717, 1.165) is 41.0 Å². The first-order chi connectivity index (χ1) is 12.0. The molecule has 1 aromatic carbocycles. The molecule has 0 unspecified atom stereocenters. The lowest BCUT2D eigenvalue weighted by atomic mass is 9.92. The summed E-state index contributed by atoms with van der Waals surface area (Å²) in [5, 5.41) is 9.21. The zero-order chi connectivity index (χ0) is 17.6. The lowest BCUT2D eigenvalue weighted by Crippen LogP contribution is -2.50. The third kappa shape index (κ3) is 2.76. The molecule has 0 spiro atoms. The van der Waals surface area contributed by atoms with E-state index < -0.39 is 0 Å². The molecule has 6 heteroatoms. The van der Waals surface area contributed by atoms with Crippen LogP contribution in [-0.2, 0) is 6.42 Å². The second-order valence-electron chi connectivity index (χ2n) is 6.70. The topological polar surface area (TPSA) is 72.1 Å². The Hall–Kier alpha value is -2.47. The van der Waals surface area contributed by atoms with Crippen molar-refractivity contribution in [2.75, 3.05) is 18.8 Å². The maximum absolute atomic E-state index is 12.8. The highest BCUT2D eigenvalue weighted by molar-refractivity contribution is 7.21. The first-order valence-electron chi connectivity index (χ1n) is 8.39. The van der Waals surface area contributed by atoms with Gasteiger partial charge in [0, 0.05) is 18.5 Å². The molecule has 128 valence electrons. The summed E-state index contributed by atoms with van der Waals surface area (Å²) >= 11 is 1.35. The molecule has 1 saturated heterocycles. The van der Waals surface area contributed by atoms with E-state index in [1.807, 2.05) is 24.8 Å². The Morgan fingerprint density at radius 3 is 2.68 bits per heavy atom. The van der Waals surface area contributed by atoms with Gasteiger partial charge in [-0.05, 0) is 37.3 Å². The van der Waals surface area contributed by atoms with E-state index in [9.17, 15) is 4.79 Å². The van der Waals surface area contributed by atoms with Gasteiger partial charge in [0.05, 0.1) is 11.4 Å². The lowest BCUT2D eigenvalue weighted by molar-refractivity contribution is 0.0507. The third-order valence-corrected chi connectivity index (χ3v) is 6.02. The third-order valence-electron chi connectivity index (χ3n) is 4.94. The van der Waals surface area contributed by atoms with Crippen molar-refractivity contribution >= 4 is 33.1 Å². The van der Waals surface area contributed by atoms with Crippen LogP contribution in [0.5, 0.6) is 0 Å². The molecule has 2 N–H and O–H groups in total. The zero-order valence-electron chi connectivity index (χ0n) is 14.3. The number of carbonyl (C=O) groups excluding carboxylic acids is 1. The molecule has 1 aliphatic heterocycles. The second-order valence-corrected chi connectivity index (χ2v) is 7.70. The number of amides is 1. The second kappa shape index (κ2) is 6.11. The summed E-state index contributed by atoms with van der Waals surface area (Å²) in [6.07, 6.45) is 1.01.